The molecule has 7 N–H and O–H groups in total. The molecule has 11 unspecified atom stereocenters. The smallest absolute Gasteiger partial charge is 0.338 e. The highest BCUT2D eigenvalue weighted by atomic mass is 16.6. The van der Waals surface area contributed by atoms with E-state index >= 15 is 0 Å². The summed E-state index contributed by atoms with van der Waals surface area (Å²) in [6, 6.07) is 27.6. The number of nitrogens with zero attached hydrogens (tertiary/aromatic N) is 4. The van der Waals surface area contributed by atoms with Gasteiger partial charge in [-0.1, -0.05) is 93.9 Å². The molecule has 4 aromatic carbocycles. The molecule has 33 nitrogen and oxygen atoms in total. The van der Waals surface area contributed by atoms with Gasteiger partial charge in [-0.2, -0.15) is 0 Å². The molecule has 0 bridgehead atoms. The Labute approximate surface area is 764 Å². The molecule has 0 saturated heterocycles. The summed E-state index contributed by atoms with van der Waals surface area (Å²) >= 11 is 0. The summed E-state index contributed by atoms with van der Waals surface area (Å²) in [7, 11) is 15.1. The van der Waals surface area contributed by atoms with Crippen LogP contribution in [0.1, 0.15) is 187 Å². The Balaban J connectivity index is 0.00000125. The fraction of sp³-hybridized carbons (Fsp3) is 0.677. The normalized spacial score (nSPS) is 14.9. The lowest BCUT2D eigenvalue weighted by Crippen LogP contribution is -2.42. The van der Waals surface area contributed by atoms with Gasteiger partial charge in [-0.05, 0) is 148 Å². The molecule has 33 heteroatoms. The van der Waals surface area contributed by atoms with E-state index in [2.05, 4.69) is 0 Å². The zero-order chi connectivity index (χ0) is 95.7. The highest BCUT2D eigenvalue weighted by molar-refractivity contribution is 5.92. The van der Waals surface area contributed by atoms with Crippen LogP contribution < -0.4 is 19.6 Å². The monoisotopic (exact) mass is 1830 g/mol. The van der Waals surface area contributed by atoms with E-state index in [-0.39, 0.29) is 143 Å². The van der Waals surface area contributed by atoms with Crippen LogP contribution in [-0.4, -0.2) is 328 Å². The van der Waals surface area contributed by atoms with Gasteiger partial charge in [-0.3, -0.25) is 14.4 Å². The van der Waals surface area contributed by atoms with E-state index in [1.165, 1.54) is 0 Å². The lowest BCUT2D eigenvalue weighted by atomic mass is 9.88. The molecule has 0 fully saturated rings. The van der Waals surface area contributed by atoms with Crippen LogP contribution in [0.2, 0.25) is 0 Å². The first-order valence-corrected chi connectivity index (χ1v) is 45.4. The van der Waals surface area contributed by atoms with Crippen molar-refractivity contribution in [1.82, 2.24) is 0 Å². The van der Waals surface area contributed by atoms with Gasteiger partial charge in [0.25, 0.3) is 0 Å². The molecule has 732 valence electrons. The molecule has 0 heterocycles. The summed E-state index contributed by atoms with van der Waals surface area (Å²) < 4.78 is 90.0. The van der Waals surface area contributed by atoms with Crippen molar-refractivity contribution >= 4 is 64.5 Å². The van der Waals surface area contributed by atoms with Gasteiger partial charge >= 0.3 is 41.8 Å². The van der Waals surface area contributed by atoms with Crippen molar-refractivity contribution in [3.05, 3.63) is 119 Å². The van der Waals surface area contributed by atoms with E-state index in [0.717, 1.165) is 61.3 Å². The molecule has 0 aliphatic carbocycles. The number of carbonyl (C=O) groups is 7. The number of ether oxygens (including phenoxy) is 15. The van der Waals surface area contributed by atoms with Crippen LogP contribution in [0.25, 0.3) is 0 Å². The Morgan fingerprint density at radius 3 is 0.853 bits per heavy atom. The maximum Gasteiger partial charge on any atom is 0.338 e. The number of unbranched alkanes of at least 4 members (excludes halogenated alkanes) is 3. The maximum absolute atomic E-state index is 13.9. The van der Waals surface area contributed by atoms with Crippen LogP contribution in [-0.2, 0) is 85.4 Å². The standard InChI is InChI=1S/C78H116N4O18.C18H38O11/c1-16-23-26-56(19-4)71(83)95-52-70(100-77(89)62-35-43-66(44-36-62)82(14)15)49-93-67(48-94-72(84)59-29-37-63(38-30-59)79(8)9)45-90-53-78(22-7,54-91-46-68(98-75(87)57(20-5)27-24-17-2)50-96-73(85)60-31-39-64(40-32-60)80(10)11)55-92-47-69(99-76(88)58(21-6)28-25-18-3)51-97-74(86)61-33-41-65(42-34-61)81(12)13;1-2-18(11-26-7-14(23)3-19,12-27-8-15(24)4-20)13-28-10-17(6-22)29-9-16(25)5-21/h29-44,56-58,67-70H,16-28,45-55H2,1-15H3;14-17,19-25H,2-13H2,1H3. The molecule has 4 aromatic rings. The highest BCUT2D eigenvalue weighted by Crippen LogP contribution is 2.29. The highest BCUT2D eigenvalue weighted by Gasteiger charge is 2.36. The molecule has 0 saturated carbocycles. The number of benzene rings is 4. The lowest BCUT2D eigenvalue weighted by Gasteiger charge is -2.34. The topological polar surface area (TPSA) is 413 Å². The van der Waals surface area contributed by atoms with Crippen molar-refractivity contribution in [3.8, 4) is 0 Å². The number of esters is 7. The van der Waals surface area contributed by atoms with Crippen LogP contribution in [0.5, 0.6) is 0 Å². The maximum atomic E-state index is 13.9. The molecular weight excluding hydrogens is 1670 g/mol. The predicted molar refractivity (Wildman–Crippen MR) is 490 cm³/mol. The molecule has 0 spiro atoms. The lowest BCUT2D eigenvalue weighted by molar-refractivity contribution is -0.165. The number of hydrogen-bond donors (Lipinski definition) is 7. The van der Waals surface area contributed by atoms with Crippen LogP contribution in [0.4, 0.5) is 22.7 Å². The minimum absolute atomic E-state index is 0.0227. The largest absolute Gasteiger partial charge is 0.461 e. The van der Waals surface area contributed by atoms with E-state index in [9.17, 15) is 54.0 Å². The fourth-order valence-corrected chi connectivity index (χ4v) is 12.8. The molecule has 0 aliphatic heterocycles. The summed E-state index contributed by atoms with van der Waals surface area (Å²) in [6.07, 6.45) is 1.47. The van der Waals surface area contributed by atoms with Crippen LogP contribution in [0.3, 0.4) is 0 Å². The zero-order valence-corrected chi connectivity index (χ0v) is 79.4. The molecule has 4 rings (SSSR count). The summed E-state index contributed by atoms with van der Waals surface area (Å²) in [5.74, 6) is -5.06. The number of aliphatic hydroxyl groups excluding tert-OH is 7. The third-order valence-electron chi connectivity index (χ3n) is 21.8. The van der Waals surface area contributed by atoms with Crippen molar-refractivity contribution in [3.63, 3.8) is 0 Å². The first-order chi connectivity index (χ1) is 61.8. The molecule has 0 amide bonds. The molecular formula is C96H154N4O29. The minimum Gasteiger partial charge on any atom is -0.461 e. The van der Waals surface area contributed by atoms with E-state index in [0.29, 0.717) is 62.5 Å². The second kappa shape index (κ2) is 65.4. The van der Waals surface area contributed by atoms with Crippen molar-refractivity contribution in [2.24, 2.45) is 28.6 Å². The second-order valence-corrected chi connectivity index (χ2v) is 33.5. The van der Waals surface area contributed by atoms with Crippen molar-refractivity contribution in [2.75, 3.05) is 221 Å². The van der Waals surface area contributed by atoms with Crippen LogP contribution >= 0.6 is 0 Å². The van der Waals surface area contributed by atoms with Gasteiger partial charge in [0.15, 0.2) is 18.3 Å². The second-order valence-electron chi connectivity index (χ2n) is 33.5. The van der Waals surface area contributed by atoms with E-state index < -0.39 is 133 Å². The van der Waals surface area contributed by atoms with Crippen molar-refractivity contribution in [1.29, 1.82) is 0 Å². The third kappa shape index (κ3) is 45.2. The Hall–Kier alpha value is -8.23. The molecule has 0 radical (unpaired) electrons. The van der Waals surface area contributed by atoms with Gasteiger partial charge in [0.05, 0.1) is 159 Å². The molecule has 0 aliphatic rings. The summed E-state index contributed by atoms with van der Waals surface area (Å²) in [5, 5.41) is 64.1. The first-order valence-electron chi connectivity index (χ1n) is 45.4. The molecule has 129 heavy (non-hydrogen) atoms. The molecule has 11 atom stereocenters. The molecule has 0 aromatic heterocycles. The number of hydrogen-bond acceptors (Lipinski definition) is 33. The van der Waals surface area contributed by atoms with Crippen molar-refractivity contribution < 1.29 is 140 Å². The predicted octanol–water partition coefficient (Wildman–Crippen LogP) is 9.76. The van der Waals surface area contributed by atoms with Gasteiger partial charge in [-0.15, -0.1) is 0 Å². The first kappa shape index (κ1) is 115. The number of anilines is 4. The number of rotatable bonds is 70. The summed E-state index contributed by atoms with van der Waals surface area (Å²) in [4.78, 5) is 104. The average Bonchev–Trinajstić information content (AvgIpc) is 0.867. The fourth-order valence-electron chi connectivity index (χ4n) is 12.8. The van der Waals surface area contributed by atoms with Gasteiger partial charge < -0.3 is 126 Å². The van der Waals surface area contributed by atoms with Crippen LogP contribution in [0, 0.1) is 28.6 Å². The van der Waals surface area contributed by atoms with E-state index in [1.807, 2.05) is 131 Å². The van der Waals surface area contributed by atoms with Gasteiger partial charge in [-0.25, -0.2) is 19.2 Å². The zero-order valence-electron chi connectivity index (χ0n) is 79.4. The van der Waals surface area contributed by atoms with Crippen LogP contribution in [0.15, 0.2) is 97.1 Å². The quantitative estimate of drug-likeness (QED) is 0.0160. The minimum atomic E-state index is -1.13. The Bertz CT molecular complexity index is 3570. The van der Waals surface area contributed by atoms with Crippen molar-refractivity contribution in [2.45, 2.75) is 194 Å². The number of aliphatic hydroxyl groups is 7. The van der Waals surface area contributed by atoms with E-state index in [4.69, 9.17) is 86.4 Å². The average molecular weight is 1830 g/mol. The van der Waals surface area contributed by atoms with E-state index in [1.54, 1.807) is 97.1 Å². The van der Waals surface area contributed by atoms with Gasteiger partial charge in [0, 0.05) is 90.0 Å². The summed E-state index contributed by atoms with van der Waals surface area (Å²) in [5.41, 5.74) is 2.95. The third-order valence-corrected chi connectivity index (χ3v) is 21.8. The SMILES string of the molecule is CCC(COCC(O)CO)(COCC(O)CO)COCC(CO)OCC(O)CO.CCCCC(CC)C(=O)OCC(COC(COCC(CC)(COCC(COC(=O)c1ccc(N(C)C)cc1)OC(=O)C(CC)CCCC)COCC(COC(=O)c1ccc(N(C)C)cc1)OC(=O)C(CC)CCCC)COC(=O)c1ccc(N(C)C)cc1)OC(=O)c1ccc(N(C)C)cc1. The summed E-state index contributed by atoms with van der Waals surface area (Å²) in [6.45, 7) is 11.6. The number of carbonyl (C=O) groups excluding carboxylic acids is 7. The Morgan fingerprint density at radius 2 is 0.558 bits per heavy atom. The Morgan fingerprint density at radius 1 is 0.295 bits per heavy atom. The van der Waals surface area contributed by atoms with Gasteiger partial charge in [0.2, 0.25) is 0 Å². The van der Waals surface area contributed by atoms with Gasteiger partial charge in [0.1, 0.15) is 56.9 Å². The Kier molecular flexibility index (Phi) is 58.2.